The number of carbonyl (C=O) groups excluding carboxylic acids is 4. The first-order valence-corrected chi connectivity index (χ1v) is 7.80. The number of imide groups is 1. The van der Waals surface area contributed by atoms with Gasteiger partial charge in [-0.15, -0.1) is 0 Å². The van der Waals surface area contributed by atoms with Crippen LogP contribution in [0.25, 0.3) is 0 Å². The van der Waals surface area contributed by atoms with Gasteiger partial charge < -0.3 is 9.26 Å². The van der Waals surface area contributed by atoms with Crippen molar-refractivity contribution in [1.29, 1.82) is 0 Å². The fraction of sp³-hybridized carbons (Fsp3) is 0.188. The number of rotatable bonds is 6. The van der Waals surface area contributed by atoms with E-state index in [0.29, 0.717) is 10.6 Å². The Kier molecular flexibility index (Phi) is 4.85. The van der Waals surface area contributed by atoms with Crippen LogP contribution in [0.5, 0.6) is 0 Å². The SMILES string of the molecule is Cc1cc(NC(=O)COC(=O)CN2C(=O)c3cccc([N+](=O)[O-])c3C2=O)on1. The summed E-state index contributed by atoms with van der Waals surface area (Å²) in [5.41, 5.74) is -0.561. The van der Waals surface area contributed by atoms with Gasteiger partial charge in [-0.25, -0.2) is 0 Å². The van der Waals surface area contributed by atoms with Gasteiger partial charge in [0.1, 0.15) is 12.1 Å². The van der Waals surface area contributed by atoms with Crippen LogP contribution < -0.4 is 5.32 Å². The Hall–Kier alpha value is -4.09. The van der Waals surface area contributed by atoms with E-state index in [9.17, 15) is 29.3 Å². The highest BCUT2D eigenvalue weighted by Gasteiger charge is 2.41. The van der Waals surface area contributed by atoms with Crippen LogP contribution >= 0.6 is 0 Å². The summed E-state index contributed by atoms with van der Waals surface area (Å²) in [4.78, 5) is 59.0. The minimum Gasteiger partial charge on any atom is -0.454 e. The second kappa shape index (κ2) is 7.26. The van der Waals surface area contributed by atoms with E-state index < -0.39 is 47.5 Å². The van der Waals surface area contributed by atoms with Crippen LogP contribution in [0.1, 0.15) is 26.4 Å². The molecule has 0 radical (unpaired) electrons. The van der Waals surface area contributed by atoms with E-state index in [1.54, 1.807) is 6.92 Å². The molecule has 0 bridgehead atoms. The van der Waals surface area contributed by atoms with E-state index in [4.69, 9.17) is 9.26 Å². The second-order valence-corrected chi connectivity index (χ2v) is 5.69. The molecule has 3 rings (SSSR count). The lowest BCUT2D eigenvalue weighted by Crippen LogP contribution is -2.36. The number of hydrogen-bond donors (Lipinski definition) is 1. The number of esters is 1. The lowest BCUT2D eigenvalue weighted by atomic mass is 10.1. The molecule has 1 aromatic carbocycles. The van der Waals surface area contributed by atoms with Crippen molar-refractivity contribution in [2.24, 2.45) is 0 Å². The highest BCUT2D eigenvalue weighted by molar-refractivity contribution is 6.24. The Labute approximate surface area is 156 Å². The lowest BCUT2D eigenvalue weighted by molar-refractivity contribution is -0.385. The van der Waals surface area contributed by atoms with Gasteiger partial charge in [0.05, 0.1) is 16.2 Å². The Morgan fingerprint density at radius 3 is 2.71 bits per heavy atom. The van der Waals surface area contributed by atoms with Crippen molar-refractivity contribution in [3.63, 3.8) is 0 Å². The van der Waals surface area contributed by atoms with Crippen molar-refractivity contribution < 1.29 is 33.4 Å². The number of nitrogens with zero attached hydrogens (tertiary/aromatic N) is 3. The molecule has 0 saturated carbocycles. The van der Waals surface area contributed by atoms with Gasteiger partial charge in [-0.1, -0.05) is 11.2 Å². The first kappa shape index (κ1) is 18.7. The summed E-state index contributed by atoms with van der Waals surface area (Å²) in [6.07, 6.45) is 0. The van der Waals surface area contributed by atoms with Gasteiger partial charge in [0.2, 0.25) is 5.88 Å². The Morgan fingerprint density at radius 2 is 2.07 bits per heavy atom. The van der Waals surface area contributed by atoms with Crippen LogP contribution in [-0.4, -0.2) is 51.8 Å². The Morgan fingerprint density at radius 1 is 1.32 bits per heavy atom. The molecule has 0 saturated heterocycles. The number of amides is 3. The number of nitrogens with one attached hydrogen (secondary N) is 1. The van der Waals surface area contributed by atoms with Crippen molar-refractivity contribution in [1.82, 2.24) is 10.1 Å². The minimum atomic E-state index is -1.04. The summed E-state index contributed by atoms with van der Waals surface area (Å²) in [7, 11) is 0. The van der Waals surface area contributed by atoms with Gasteiger partial charge in [-0.05, 0) is 13.0 Å². The van der Waals surface area contributed by atoms with Crippen molar-refractivity contribution in [3.05, 3.63) is 51.2 Å². The largest absolute Gasteiger partial charge is 0.454 e. The zero-order valence-corrected chi connectivity index (χ0v) is 14.3. The number of hydrogen-bond acceptors (Lipinski definition) is 9. The van der Waals surface area contributed by atoms with Crippen LogP contribution in [-0.2, 0) is 14.3 Å². The third kappa shape index (κ3) is 3.56. The first-order valence-electron chi connectivity index (χ1n) is 7.80. The summed E-state index contributed by atoms with van der Waals surface area (Å²) in [5.74, 6) is -3.54. The number of aromatic nitrogens is 1. The van der Waals surface area contributed by atoms with E-state index in [-0.39, 0.29) is 17.0 Å². The summed E-state index contributed by atoms with van der Waals surface area (Å²) >= 11 is 0. The predicted octanol–water partition coefficient (Wildman–Crippen LogP) is 0.669. The number of ether oxygens (including phenoxy) is 1. The van der Waals surface area contributed by atoms with Gasteiger partial charge in [-0.2, -0.15) is 0 Å². The van der Waals surface area contributed by atoms with Crippen LogP contribution in [0.4, 0.5) is 11.6 Å². The number of carbonyl (C=O) groups is 4. The molecule has 2 heterocycles. The van der Waals surface area contributed by atoms with Gasteiger partial charge in [0.15, 0.2) is 6.61 Å². The summed E-state index contributed by atoms with van der Waals surface area (Å²) < 4.78 is 9.49. The molecule has 2 aromatic rings. The maximum Gasteiger partial charge on any atom is 0.326 e. The standard InChI is InChI=1S/C16H12N4O8/c1-8-5-12(28-18-8)17-11(21)7-27-13(22)6-19-15(23)9-3-2-4-10(20(25)26)14(9)16(19)24/h2-5H,6-7H2,1H3,(H,17,21). The van der Waals surface area contributed by atoms with Crippen LogP contribution in [0.3, 0.4) is 0 Å². The third-order valence-electron chi connectivity index (χ3n) is 3.72. The molecule has 1 aliphatic rings. The number of nitro benzene ring substituents is 1. The van der Waals surface area contributed by atoms with Gasteiger partial charge in [0, 0.05) is 12.1 Å². The monoisotopic (exact) mass is 388 g/mol. The van der Waals surface area contributed by atoms with Crippen LogP contribution in [0, 0.1) is 17.0 Å². The lowest BCUT2D eigenvalue weighted by Gasteiger charge is -2.12. The Bertz CT molecular complexity index is 1010. The zero-order chi connectivity index (χ0) is 20.4. The highest BCUT2D eigenvalue weighted by atomic mass is 16.6. The number of fused-ring (bicyclic) bond motifs is 1. The zero-order valence-electron chi connectivity index (χ0n) is 14.3. The molecule has 12 nitrogen and oxygen atoms in total. The number of aryl methyl sites for hydroxylation is 1. The summed E-state index contributed by atoms with van der Waals surface area (Å²) in [6.45, 7) is 0.158. The van der Waals surface area contributed by atoms with Crippen molar-refractivity contribution >= 4 is 35.3 Å². The molecule has 1 N–H and O–H groups in total. The third-order valence-corrected chi connectivity index (χ3v) is 3.72. The average molecular weight is 388 g/mol. The molecule has 12 heteroatoms. The molecule has 3 amide bonds. The van der Waals surface area contributed by atoms with Gasteiger partial charge >= 0.3 is 5.97 Å². The van der Waals surface area contributed by atoms with Crippen LogP contribution in [0.15, 0.2) is 28.8 Å². The van der Waals surface area contributed by atoms with E-state index in [1.165, 1.54) is 18.2 Å². The molecule has 1 aliphatic heterocycles. The quantitative estimate of drug-likeness (QED) is 0.324. The molecule has 144 valence electrons. The number of benzene rings is 1. The normalized spacial score (nSPS) is 12.7. The van der Waals surface area contributed by atoms with E-state index in [2.05, 4.69) is 10.5 Å². The van der Waals surface area contributed by atoms with Crippen LogP contribution in [0.2, 0.25) is 0 Å². The van der Waals surface area contributed by atoms with Gasteiger partial charge in [-0.3, -0.25) is 39.5 Å². The predicted molar refractivity (Wildman–Crippen MR) is 89.3 cm³/mol. The fourth-order valence-corrected chi connectivity index (χ4v) is 2.53. The second-order valence-electron chi connectivity index (χ2n) is 5.69. The van der Waals surface area contributed by atoms with E-state index in [1.807, 2.05) is 0 Å². The van der Waals surface area contributed by atoms with Crippen molar-refractivity contribution in [3.8, 4) is 0 Å². The summed E-state index contributed by atoms with van der Waals surface area (Å²) in [5, 5.41) is 16.9. The fourth-order valence-electron chi connectivity index (χ4n) is 2.53. The number of nitro groups is 1. The maximum absolute atomic E-state index is 12.3. The molecular formula is C16H12N4O8. The smallest absolute Gasteiger partial charge is 0.326 e. The molecular weight excluding hydrogens is 376 g/mol. The molecule has 0 atom stereocenters. The molecule has 0 unspecified atom stereocenters. The number of anilines is 1. The highest BCUT2D eigenvalue weighted by Crippen LogP contribution is 2.30. The molecule has 0 spiro atoms. The van der Waals surface area contributed by atoms with Crippen molar-refractivity contribution in [2.75, 3.05) is 18.5 Å². The molecule has 1 aromatic heterocycles. The van der Waals surface area contributed by atoms with E-state index >= 15 is 0 Å². The Balaban J connectivity index is 1.61. The van der Waals surface area contributed by atoms with Gasteiger partial charge in [0.25, 0.3) is 23.4 Å². The average Bonchev–Trinajstić information content (AvgIpc) is 3.16. The van der Waals surface area contributed by atoms with Crippen molar-refractivity contribution in [2.45, 2.75) is 6.92 Å². The maximum atomic E-state index is 12.3. The first-order chi connectivity index (χ1) is 13.3. The van der Waals surface area contributed by atoms with E-state index in [0.717, 1.165) is 6.07 Å². The molecule has 0 aliphatic carbocycles. The molecule has 0 fully saturated rings. The minimum absolute atomic E-state index is 0.0613. The molecule has 28 heavy (non-hydrogen) atoms. The summed E-state index contributed by atoms with van der Waals surface area (Å²) in [6, 6.07) is 5.05. The topological polar surface area (TPSA) is 162 Å².